The van der Waals surface area contributed by atoms with E-state index in [9.17, 15) is 4.79 Å². The molecule has 0 aliphatic carbocycles. The van der Waals surface area contributed by atoms with Gasteiger partial charge in [0.2, 0.25) is 0 Å². The topological polar surface area (TPSA) is 38.8 Å². The van der Waals surface area contributed by atoms with E-state index in [0.29, 0.717) is 35.6 Å². The van der Waals surface area contributed by atoms with Crippen molar-refractivity contribution in [3.63, 3.8) is 0 Å². The van der Waals surface area contributed by atoms with Crippen molar-refractivity contribution in [1.29, 1.82) is 0 Å². The summed E-state index contributed by atoms with van der Waals surface area (Å²) in [6.07, 6.45) is 0. The SMILES string of the molecule is CC1COCCN1C(=O)COc1cc(Cl)ccc1Cl. The van der Waals surface area contributed by atoms with Crippen molar-refractivity contribution < 1.29 is 14.3 Å². The molecule has 0 bridgehead atoms. The fourth-order valence-corrected chi connectivity index (χ4v) is 2.24. The van der Waals surface area contributed by atoms with E-state index < -0.39 is 0 Å². The smallest absolute Gasteiger partial charge is 0.260 e. The lowest BCUT2D eigenvalue weighted by molar-refractivity contribution is -0.141. The Morgan fingerprint density at radius 2 is 2.32 bits per heavy atom. The molecule has 0 aromatic heterocycles. The van der Waals surface area contributed by atoms with Gasteiger partial charge >= 0.3 is 0 Å². The number of ether oxygens (including phenoxy) is 2. The highest BCUT2D eigenvalue weighted by Gasteiger charge is 2.24. The minimum Gasteiger partial charge on any atom is -0.482 e. The number of benzene rings is 1. The fourth-order valence-electron chi connectivity index (χ4n) is 1.91. The van der Waals surface area contributed by atoms with Crippen molar-refractivity contribution >= 4 is 29.1 Å². The first-order valence-corrected chi connectivity index (χ1v) is 6.78. The third kappa shape index (κ3) is 3.75. The average molecular weight is 304 g/mol. The average Bonchev–Trinajstić information content (AvgIpc) is 2.40. The zero-order valence-corrected chi connectivity index (χ0v) is 12.1. The van der Waals surface area contributed by atoms with Crippen LogP contribution in [0.5, 0.6) is 5.75 Å². The number of hydrogen-bond acceptors (Lipinski definition) is 3. The van der Waals surface area contributed by atoms with Crippen molar-refractivity contribution in [1.82, 2.24) is 4.90 Å². The Bertz CT molecular complexity index is 467. The van der Waals surface area contributed by atoms with Crippen molar-refractivity contribution in [2.75, 3.05) is 26.4 Å². The van der Waals surface area contributed by atoms with E-state index in [-0.39, 0.29) is 18.6 Å². The van der Waals surface area contributed by atoms with Gasteiger partial charge in [0.05, 0.1) is 24.3 Å². The number of rotatable bonds is 3. The van der Waals surface area contributed by atoms with Crippen molar-refractivity contribution in [3.05, 3.63) is 28.2 Å². The third-order valence-electron chi connectivity index (χ3n) is 2.93. The number of morpholine rings is 1. The van der Waals surface area contributed by atoms with Gasteiger partial charge in [-0.05, 0) is 19.1 Å². The molecule has 1 heterocycles. The van der Waals surface area contributed by atoms with Gasteiger partial charge in [0.15, 0.2) is 6.61 Å². The van der Waals surface area contributed by atoms with Crippen LogP contribution in [0.1, 0.15) is 6.92 Å². The first-order chi connectivity index (χ1) is 9.08. The van der Waals surface area contributed by atoms with E-state index in [4.69, 9.17) is 32.7 Å². The normalized spacial score (nSPS) is 19.3. The Balaban J connectivity index is 1.94. The van der Waals surface area contributed by atoms with E-state index in [1.807, 2.05) is 6.92 Å². The largest absolute Gasteiger partial charge is 0.482 e. The van der Waals surface area contributed by atoms with Gasteiger partial charge < -0.3 is 14.4 Å². The summed E-state index contributed by atoms with van der Waals surface area (Å²) in [5, 5.41) is 0.957. The summed E-state index contributed by atoms with van der Waals surface area (Å²) in [5.74, 6) is 0.343. The van der Waals surface area contributed by atoms with Crippen molar-refractivity contribution in [2.24, 2.45) is 0 Å². The van der Waals surface area contributed by atoms with Gasteiger partial charge in [0, 0.05) is 17.6 Å². The number of hydrogen-bond donors (Lipinski definition) is 0. The molecule has 1 aliphatic heterocycles. The van der Waals surface area contributed by atoms with E-state index in [1.165, 1.54) is 0 Å². The molecule has 1 fully saturated rings. The zero-order chi connectivity index (χ0) is 13.8. The van der Waals surface area contributed by atoms with Gasteiger partial charge in [0.1, 0.15) is 5.75 Å². The van der Waals surface area contributed by atoms with E-state index in [2.05, 4.69) is 0 Å². The van der Waals surface area contributed by atoms with Gasteiger partial charge in [-0.25, -0.2) is 0 Å². The first-order valence-electron chi connectivity index (χ1n) is 6.03. The van der Waals surface area contributed by atoms with Crippen LogP contribution in [0.2, 0.25) is 10.0 Å². The maximum atomic E-state index is 12.0. The molecular formula is C13H15Cl2NO3. The Kier molecular flexibility index (Phi) is 4.91. The van der Waals surface area contributed by atoms with Crippen LogP contribution >= 0.6 is 23.2 Å². The molecule has 2 rings (SSSR count). The molecule has 1 atom stereocenters. The van der Waals surface area contributed by atoms with Crippen LogP contribution in [-0.4, -0.2) is 43.2 Å². The molecule has 19 heavy (non-hydrogen) atoms. The van der Waals surface area contributed by atoms with Gasteiger partial charge in [-0.1, -0.05) is 23.2 Å². The summed E-state index contributed by atoms with van der Waals surface area (Å²) in [6.45, 7) is 3.61. The summed E-state index contributed by atoms with van der Waals surface area (Å²) >= 11 is 11.8. The maximum Gasteiger partial charge on any atom is 0.260 e. The van der Waals surface area contributed by atoms with Gasteiger partial charge in [-0.15, -0.1) is 0 Å². The Morgan fingerprint density at radius 3 is 3.05 bits per heavy atom. The van der Waals surface area contributed by atoms with Crippen LogP contribution in [0, 0.1) is 0 Å². The summed E-state index contributed by atoms with van der Waals surface area (Å²) in [7, 11) is 0. The van der Waals surface area contributed by atoms with Gasteiger partial charge in [-0.2, -0.15) is 0 Å². The number of nitrogens with zero attached hydrogens (tertiary/aromatic N) is 1. The number of halogens is 2. The zero-order valence-electron chi connectivity index (χ0n) is 10.6. The summed E-state index contributed by atoms with van der Waals surface area (Å²) in [6, 6.07) is 4.98. The monoisotopic (exact) mass is 303 g/mol. The standard InChI is InChI=1S/C13H15Cl2NO3/c1-9-7-18-5-4-16(9)13(17)8-19-12-6-10(14)2-3-11(12)15/h2-3,6,9H,4-5,7-8H2,1H3. The molecule has 1 amide bonds. The minimum atomic E-state index is -0.0770. The highest BCUT2D eigenvalue weighted by molar-refractivity contribution is 6.34. The molecule has 1 aliphatic rings. The highest BCUT2D eigenvalue weighted by Crippen LogP contribution is 2.27. The molecule has 1 saturated heterocycles. The lowest BCUT2D eigenvalue weighted by Crippen LogP contribution is -2.48. The molecule has 0 radical (unpaired) electrons. The third-order valence-corrected chi connectivity index (χ3v) is 3.48. The van der Waals surface area contributed by atoms with E-state index >= 15 is 0 Å². The van der Waals surface area contributed by atoms with Gasteiger partial charge in [-0.3, -0.25) is 4.79 Å². The fraction of sp³-hybridized carbons (Fsp3) is 0.462. The molecule has 6 heteroatoms. The molecular weight excluding hydrogens is 289 g/mol. The Labute approximate surface area is 122 Å². The second-order valence-corrected chi connectivity index (χ2v) is 5.22. The van der Waals surface area contributed by atoms with E-state index in [0.717, 1.165) is 0 Å². The molecule has 1 aromatic rings. The summed E-state index contributed by atoms with van der Waals surface area (Å²) in [4.78, 5) is 13.8. The minimum absolute atomic E-state index is 0.0512. The van der Waals surface area contributed by atoms with Crippen LogP contribution in [0.3, 0.4) is 0 Å². The van der Waals surface area contributed by atoms with Crippen LogP contribution in [0.25, 0.3) is 0 Å². The van der Waals surface area contributed by atoms with Crippen molar-refractivity contribution in [3.8, 4) is 5.75 Å². The molecule has 0 N–H and O–H groups in total. The summed E-state index contributed by atoms with van der Waals surface area (Å²) in [5.41, 5.74) is 0. The quantitative estimate of drug-likeness (QED) is 0.861. The van der Waals surface area contributed by atoms with E-state index in [1.54, 1.807) is 23.1 Å². The molecule has 104 valence electrons. The van der Waals surface area contributed by atoms with Crippen LogP contribution < -0.4 is 4.74 Å². The molecule has 0 spiro atoms. The Morgan fingerprint density at radius 1 is 1.53 bits per heavy atom. The molecule has 4 nitrogen and oxygen atoms in total. The summed E-state index contributed by atoms with van der Waals surface area (Å²) < 4.78 is 10.7. The number of amides is 1. The predicted octanol–water partition coefficient (Wildman–Crippen LogP) is 2.62. The van der Waals surface area contributed by atoms with Gasteiger partial charge in [0.25, 0.3) is 5.91 Å². The first kappa shape index (κ1) is 14.4. The second-order valence-electron chi connectivity index (χ2n) is 4.37. The number of carbonyl (C=O) groups excluding carboxylic acids is 1. The van der Waals surface area contributed by atoms with Crippen LogP contribution in [0.4, 0.5) is 0 Å². The lowest BCUT2D eigenvalue weighted by atomic mass is 10.2. The van der Waals surface area contributed by atoms with Crippen molar-refractivity contribution in [2.45, 2.75) is 13.0 Å². The number of carbonyl (C=O) groups is 1. The second kappa shape index (κ2) is 6.46. The lowest BCUT2D eigenvalue weighted by Gasteiger charge is -2.33. The van der Waals surface area contributed by atoms with Crippen LogP contribution in [-0.2, 0) is 9.53 Å². The molecule has 1 unspecified atom stereocenters. The predicted molar refractivity (Wildman–Crippen MR) is 74.0 cm³/mol. The molecule has 0 saturated carbocycles. The van der Waals surface area contributed by atoms with Crippen LogP contribution in [0.15, 0.2) is 18.2 Å². The maximum absolute atomic E-state index is 12.0. The highest BCUT2D eigenvalue weighted by atomic mass is 35.5. The molecule has 1 aromatic carbocycles. The Hall–Kier alpha value is -0.970.